The lowest BCUT2D eigenvalue weighted by Crippen LogP contribution is -2.12. The number of aliphatic carboxylic acids is 1. The van der Waals surface area contributed by atoms with Crippen LogP contribution in [0.3, 0.4) is 0 Å². The van der Waals surface area contributed by atoms with Gasteiger partial charge in [0.25, 0.3) is 0 Å². The normalized spacial score (nSPS) is 12.3. The van der Waals surface area contributed by atoms with Gasteiger partial charge in [0.15, 0.2) is 0 Å². The van der Waals surface area contributed by atoms with Crippen molar-refractivity contribution in [2.75, 3.05) is 0 Å². The van der Waals surface area contributed by atoms with E-state index in [-0.39, 0.29) is 0 Å². The Morgan fingerprint density at radius 2 is 2.00 bits per heavy atom. The number of carbonyl (C=O) groups is 1. The van der Waals surface area contributed by atoms with Gasteiger partial charge in [0, 0.05) is 6.54 Å². The summed E-state index contributed by atoms with van der Waals surface area (Å²) >= 11 is 0. The van der Waals surface area contributed by atoms with Crippen molar-refractivity contribution >= 4 is 5.97 Å². The molecule has 0 saturated carbocycles. The van der Waals surface area contributed by atoms with Gasteiger partial charge >= 0.3 is 5.97 Å². The molecule has 0 aliphatic carbocycles. The van der Waals surface area contributed by atoms with Gasteiger partial charge in [0.05, 0.1) is 18.7 Å². The fraction of sp³-hybridized carbons (Fsp3) is 0.267. The number of furan rings is 1. The molecule has 1 unspecified atom stereocenters. The highest BCUT2D eigenvalue weighted by Crippen LogP contribution is 2.16. The molecule has 1 aromatic carbocycles. The maximum atomic E-state index is 10.9. The molecule has 0 aliphatic rings. The largest absolute Gasteiger partial charge is 0.481 e. The van der Waals surface area contributed by atoms with Gasteiger partial charge in [0.2, 0.25) is 0 Å². The summed E-state index contributed by atoms with van der Waals surface area (Å²) in [6.45, 7) is 3.09. The lowest BCUT2D eigenvalue weighted by Gasteiger charge is -2.08. The molecule has 0 aliphatic heterocycles. The minimum Gasteiger partial charge on any atom is -0.481 e. The summed E-state index contributed by atoms with van der Waals surface area (Å²) in [4.78, 5) is 10.9. The van der Waals surface area contributed by atoms with Crippen molar-refractivity contribution in [2.24, 2.45) is 0 Å². The summed E-state index contributed by atoms with van der Waals surface area (Å²) in [6.07, 6.45) is 1.65. The zero-order valence-electron chi connectivity index (χ0n) is 10.8. The van der Waals surface area contributed by atoms with E-state index in [1.54, 1.807) is 13.2 Å². The molecule has 1 heterocycles. The van der Waals surface area contributed by atoms with Gasteiger partial charge in [0.1, 0.15) is 5.76 Å². The van der Waals surface area contributed by atoms with Gasteiger partial charge < -0.3 is 14.8 Å². The molecule has 0 saturated heterocycles. The van der Waals surface area contributed by atoms with E-state index >= 15 is 0 Å². The smallest absolute Gasteiger partial charge is 0.310 e. The Kier molecular flexibility index (Phi) is 4.36. The topological polar surface area (TPSA) is 62.5 Å². The summed E-state index contributed by atoms with van der Waals surface area (Å²) < 4.78 is 5.22. The number of carboxylic acid groups (broad SMARTS) is 1. The monoisotopic (exact) mass is 259 g/mol. The molecule has 4 nitrogen and oxygen atoms in total. The first-order chi connectivity index (χ1) is 9.16. The molecule has 0 amide bonds. The van der Waals surface area contributed by atoms with E-state index < -0.39 is 11.9 Å². The second-order valence-corrected chi connectivity index (χ2v) is 4.48. The first-order valence-electron chi connectivity index (χ1n) is 6.21. The standard InChI is InChI=1S/C15H17NO3/c1-11(15(17)18)13-6-4-12(5-7-13)9-16-10-14-3-2-8-19-14/h2-8,11,16H,9-10H2,1H3,(H,17,18). The third-order valence-corrected chi connectivity index (χ3v) is 3.06. The van der Waals surface area contributed by atoms with Crippen LogP contribution in [0.1, 0.15) is 29.7 Å². The maximum Gasteiger partial charge on any atom is 0.310 e. The van der Waals surface area contributed by atoms with Crippen molar-refractivity contribution in [3.05, 3.63) is 59.5 Å². The maximum absolute atomic E-state index is 10.9. The molecule has 0 radical (unpaired) electrons. The Balaban J connectivity index is 1.86. The van der Waals surface area contributed by atoms with Crippen molar-refractivity contribution in [2.45, 2.75) is 25.9 Å². The Morgan fingerprint density at radius 3 is 2.58 bits per heavy atom. The van der Waals surface area contributed by atoms with Crippen LogP contribution in [0, 0.1) is 0 Å². The number of rotatable bonds is 6. The summed E-state index contributed by atoms with van der Waals surface area (Å²) in [5, 5.41) is 12.2. The molecule has 0 bridgehead atoms. The fourth-order valence-electron chi connectivity index (χ4n) is 1.81. The average molecular weight is 259 g/mol. The van der Waals surface area contributed by atoms with Crippen molar-refractivity contribution in [3.8, 4) is 0 Å². The predicted octanol–water partition coefficient (Wildman–Crippen LogP) is 2.76. The molecule has 0 fully saturated rings. The van der Waals surface area contributed by atoms with E-state index in [2.05, 4.69) is 5.32 Å². The number of hydrogen-bond donors (Lipinski definition) is 2. The van der Waals surface area contributed by atoms with E-state index in [1.165, 1.54) is 0 Å². The third-order valence-electron chi connectivity index (χ3n) is 3.06. The van der Waals surface area contributed by atoms with Crippen LogP contribution in [0.4, 0.5) is 0 Å². The van der Waals surface area contributed by atoms with Gasteiger partial charge in [-0.3, -0.25) is 4.79 Å². The molecule has 1 atom stereocenters. The van der Waals surface area contributed by atoms with Crippen LogP contribution in [-0.2, 0) is 17.9 Å². The molecule has 100 valence electrons. The highest BCUT2D eigenvalue weighted by atomic mass is 16.4. The van der Waals surface area contributed by atoms with Gasteiger partial charge in [-0.15, -0.1) is 0 Å². The van der Waals surface area contributed by atoms with Crippen molar-refractivity contribution < 1.29 is 14.3 Å². The van der Waals surface area contributed by atoms with Crippen LogP contribution in [-0.4, -0.2) is 11.1 Å². The highest BCUT2D eigenvalue weighted by Gasteiger charge is 2.12. The molecule has 1 aromatic heterocycles. The first-order valence-corrected chi connectivity index (χ1v) is 6.21. The highest BCUT2D eigenvalue weighted by molar-refractivity contribution is 5.75. The zero-order valence-corrected chi connectivity index (χ0v) is 10.8. The van der Waals surface area contributed by atoms with Gasteiger partial charge in [-0.05, 0) is 30.2 Å². The fourth-order valence-corrected chi connectivity index (χ4v) is 1.81. The third kappa shape index (κ3) is 3.69. The van der Waals surface area contributed by atoms with Crippen LogP contribution in [0.15, 0.2) is 47.1 Å². The minimum atomic E-state index is -0.802. The van der Waals surface area contributed by atoms with Gasteiger partial charge in [-0.1, -0.05) is 24.3 Å². The molecule has 4 heteroatoms. The van der Waals surface area contributed by atoms with Crippen LogP contribution in [0.5, 0.6) is 0 Å². The second-order valence-electron chi connectivity index (χ2n) is 4.48. The Hall–Kier alpha value is -2.07. The van der Waals surface area contributed by atoms with Crippen LogP contribution in [0.2, 0.25) is 0 Å². The summed E-state index contributed by atoms with van der Waals surface area (Å²) in [5.41, 5.74) is 1.94. The number of hydrogen-bond acceptors (Lipinski definition) is 3. The van der Waals surface area contributed by atoms with Crippen molar-refractivity contribution in [1.29, 1.82) is 0 Å². The molecule has 0 spiro atoms. The van der Waals surface area contributed by atoms with Crippen LogP contribution in [0.25, 0.3) is 0 Å². The van der Waals surface area contributed by atoms with E-state index in [0.29, 0.717) is 6.54 Å². The van der Waals surface area contributed by atoms with Crippen LogP contribution < -0.4 is 5.32 Å². The van der Waals surface area contributed by atoms with E-state index in [1.807, 2.05) is 36.4 Å². The quantitative estimate of drug-likeness (QED) is 0.837. The summed E-state index contributed by atoms with van der Waals surface area (Å²) in [6, 6.07) is 11.4. The molecule has 2 N–H and O–H groups in total. The van der Waals surface area contributed by atoms with E-state index in [9.17, 15) is 4.79 Å². The Bertz CT molecular complexity index is 517. The second kappa shape index (κ2) is 6.20. The first kappa shape index (κ1) is 13.4. The van der Waals surface area contributed by atoms with E-state index in [4.69, 9.17) is 9.52 Å². The predicted molar refractivity (Wildman–Crippen MR) is 71.7 cm³/mol. The van der Waals surface area contributed by atoms with Crippen molar-refractivity contribution in [3.63, 3.8) is 0 Å². The zero-order chi connectivity index (χ0) is 13.7. The molecule has 19 heavy (non-hydrogen) atoms. The average Bonchev–Trinajstić information content (AvgIpc) is 2.92. The number of nitrogens with one attached hydrogen (secondary N) is 1. The molecular formula is C15H17NO3. The minimum absolute atomic E-state index is 0.467. The lowest BCUT2D eigenvalue weighted by atomic mass is 10.0. The van der Waals surface area contributed by atoms with Crippen molar-refractivity contribution in [1.82, 2.24) is 5.32 Å². The Morgan fingerprint density at radius 1 is 1.26 bits per heavy atom. The molecule has 2 aromatic rings. The summed E-state index contributed by atoms with van der Waals surface area (Å²) in [7, 11) is 0. The molecule has 2 rings (SSSR count). The van der Waals surface area contributed by atoms with Gasteiger partial charge in [-0.25, -0.2) is 0 Å². The lowest BCUT2D eigenvalue weighted by molar-refractivity contribution is -0.138. The Labute approximate surface area is 112 Å². The number of benzene rings is 1. The number of carboxylic acids is 1. The SMILES string of the molecule is CC(C(=O)O)c1ccc(CNCc2ccco2)cc1. The van der Waals surface area contributed by atoms with E-state index in [0.717, 1.165) is 23.4 Å². The summed E-state index contributed by atoms with van der Waals surface area (Å²) in [5.74, 6) is -0.370. The van der Waals surface area contributed by atoms with Crippen LogP contribution >= 0.6 is 0 Å². The molecular weight excluding hydrogens is 242 g/mol. The van der Waals surface area contributed by atoms with Gasteiger partial charge in [-0.2, -0.15) is 0 Å².